The molecule has 0 atom stereocenters. The molecule has 0 aliphatic rings. The summed E-state index contributed by atoms with van der Waals surface area (Å²) in [6, 6.07) is 6.42. The van der Waals surface area contributed by atoms with E-state index >= 15 is 0 Å². The zero-order valence-electron chi connectivity index (χ0n) is 9.16. The molecular formula is C11H8N4O2S. The van der Waals surface area contributed by atoms with E-state index in [2.05, 4.69) is 10.3 Å². The van der Waals surface area contributed by atoms with Crippen LogP contribution in [0.3, 0.4) is 0 Å². The topological polar surface area (TPSA) is 91.8 Å². The van der Waals surface area contributed by atoms with Gasteiger partial charge in [0.2, 0.25) is 0 Å². The van der Waals surface area contributed by atoms with Gasteiger partial charge in [-0.3, -0.25) is 10.1 Å². The summed E-state index contributed by atoms with van der Waals surface area (Å²) in [5.74, 6) is 0. The number of thiazole rings is 1. The van der Waals surface area contributed by atoms with Crippen LogP contribution in [0.15, 0.2) is 29.8 Å². The molecule has 0 radical (unpaired) electrons. The van der Waals surface area contributed by atoms with Crippen molar-refractivity contribution in [3.8, 4) is 6.07 Å². The third-order valence-electron chi connectivity index (χ3n) is 2.25. The van der Waals surface area contributed by atoms with Gasteiger partial charge in [-0.05, 0) is 12.1 Å². The van der Waals surface area contributed by atoms with E-state index in [4.69, 9.17) is 5.26 Å². The second kappa shape index (κ2) is 5.25. The van der Waals surface area contributed by atoms with E-state index in [9.17, 15) is 10.1 Å². The van der Waals surface area contributed by atoms with Gasteiger partial charge in [0.25, 0.3) is 0 Å². The van der Waals surface area contributed by atoms with Crippen LogP contribution >= 0.6 is 11.3 Å². The zero-order valence-corrected chi connectivity index (χ0v) is 9.98. The molecule has 0 amide bonds. The Balaban J connectivity index is 2.27. The summed E-state index contributed by atoms with van der Waals surface area (Å²) in [4.78, 5) is 14.5. The number of nitro groups is 1. The van der Waals surface area contributed by atoms with Crippen molar-refractivity contribution in [2.24, 2.45) is 0 Å². The highest BCUT2D eigenvalue weighted by molar-refractivity contribution is 7.09. The standard InChI is InChI=1S/C11H8N4O2S/c12-6-8-2-1-3-9(11(8)15(16)17)14-7-10-13-4-5-18-10/h1-5,14H,7H2. The summed E-state index contributed by atoms with van der Waals surface area (Å²) in [5.41, 5.74) is 0.176. The molecule has 1 aromatic heterocycles. The molecule has 1 heterocycles. The van der Waals surface area contributed by atoms with E-state index in [1.54, 1.807) is 18.3 Å². The Morgan fingerprint density at radius 3 is 3.00 bits per heavy atom. The molecule has 7 heteroatoms. The maximum Gasteiger partial charge on any atom is 0.309 e. The molecule has 2 aromatic rings. The number of hydrogen-bond donors (Lipinski definition) is 1. The summed E-state index contributed by atoms with van der Waals surface area (Å²) in [7, 11) is 0. The fourth-order valence-corrected chi connectivity index (χ4v) is 2.04. The number of nitro benzene ring substituents is 1. The third kappa shape index (κ3) is 2.44. The number of nitrogens with one attached hydrogen (secondary N) is 1. The number of nitrogens with zero attached hydrogens (tertiary/aromatic N) is 3. The molecule has 0 fully saturated rings. The Labute approximate surface area is 107 Å². The Hall–Kier alpha value is -2.46. The number of nitriles is 1. The lowest BCUT2D eigenvalue weighted by Gasteiger charge is -2.05. The largest absolute Gasteiger partial charge is 0.373 e. The number of benzene rings is 1. The van der Waals surface area contributed by atoms with E-state index in [0.29, 0.717) is 12.2 Å². The van der Waals surface area contributed by atoms with Gasteiger partial charge in [0, 0.05) is 11.6 Å². The molecule has 1 aromatic carbocycles. The minimum absolute atomic E-state index is 0.0455. The maximum absolute atomic E-state index is 11.0. The summed E-state index contributed by atoms with van der Waals surface area (Å²) < 4.78 is 0. The fourth-order valence-electron chi connectivity index (χ4n) is 1.48. The second-order valence-electron chi connectivity index (χ2n) is 3.35. The summed E-state index contributed by atoms with van der Waals surface area (Å²) in [6.07, 6.45) is 1.67. The average molecular weight is 260 g/mol. The molecule has 90 valence electrons. The quantitative estimate of drug-likeness (QED) is 0.673. The van der Waals surface area contributed by atoms with Crippen molar-refractivity contribution in [1.82, 2.24) is 4.98 Å². The highest BCUT2D eigenvalue weighted by atomic mass is 32.1. The lowest BCUT2D eigenvalue weighted by atomic mass is 10.1. The van der Waals surface area contributed by atoms with Crippen LogP contribution in [0.25, 0.3) is 0 Å². The Kier molecular flexibility index (Phi) is 3.50. The molecule has 6 nitrogen and oxygen atoms in total. The molecule has 0 spiro atoms. The fraction of sp³-hybridized carbons (Fsp3) is 0.0909. The number of hydrogen-bond acceptors (Lipinski definition) is 6. The van der Waals surface area contributed by atoms with E-state index < -0.39 is 4.92 Å². The second-order valence-corrected chi connectivity index (χ2v) is 4.33. The number of para-hydroxylation sites is 1. The van der Waals surface area contributed by atoms with Gasteiger partial charge in [-0.2, -0.15) is 5.26 Å². The lowest BCUT2D eigenvalue weighted by Crippen LogP contribution is -2.03. The van der Waals surface area contributed by atoms with Crippen molar-refractivity contribution in [3.63, 3.8) is 0 Å². The molecule has 0 bridgehead atoms. The van der Waals surface area contributed by atoms with Crippen molar-refractivity contribution in [1.29, 1.82) is 5.26 Å². The van der Waals surface area contributed by atoms with Crippen LogP contribution in [0.5, 0.6) is 0 Å². The van der Waals surface area contributed by atoms with Gasteiger partial charge in [0.05, 0.1) is 11.5 Å². The first-order chi connectivity index (χ1) is 8.72. The van der Waals surface area contributed by atoms with Gasteiger partial charge in [-0.15, -0.1) is 11.3 Å². The smallest absolute Gasteiger partial charge is 0.309 e. The van der Waals surface area contributed by atoms with E-state index in [1.165, 1.54) is 17.4 Å². The molecule has 0 aliphatic carbocycles. The summed E-state index contributed by atoms with van der Waals surface area (Å²) in [5, 5.41) is 25.4. The van der Waals surface area contributed by atoms with Crippen molar-refractivity contribution < 1.29 is 4.92 Å². The van der Waals surface area contributed by atoms with Gasteiger partial charge >= 0.3 is 5.69 Å². The van der Waals surface area contributed by atoms with Crippen LogP contribution in [0.1, 0.15) is 10.6 Å². The molecule has 2 rings (SSSR count). The monoisotopic (exact) mass is 260 g/mol. The molecule has 18 heavy (non-hydrogen) atoms. The normalized spacial score (nSPS) is 9.72. The first-order valence-corrected chi connectivity index (χ1v) is 5.90. The maximum atomic E-state index is 11.0. The van der Waals surface area contributed by atoms with E-state index in [1.807, 2.05) is 11.4 Å². The number of rotatable bonds is 4. The number of aromatic nitrogens is 1. The minimum atomic E-state index is -0.553. The predicted octanol–water partition coefficient (Wildman–Crippen LogP) is 2.54. The highest BCUT2D eigenvalue weighted by Gasteiger charge is 2.19. The Morgan fingerprint density at radius 1 is 1.56 bits per heavy atom. The van der Waals surface area contributed by atoms with Crippen LogP contribution in [0.4, 0.5) is 11.4 Å². The molecule has 0 saturated carbocycles. The molecule has 0 aliphatic heterocycles. The van der Waals surface area contributed by atoms with Crippen LogP contribution in [0, 0.1) is 21.4 Å². The van der Waals surface area contributed by atoms with Crippen molar-refractivity contribution in [2.45, 2.75) is 6.54 Å². The Bertz CT molecular complexity index is 604. The van der Waals surface area contributed by atoms with Gasteiger partial charge < -0.3 is 5.32 Å². The SMILES string of the molecule is N#Cc1cccc(NCc2nccs2)c1[N+](=O)[O-]. The summed E-state index contributed by atoms with van der Waals surface area (Å²) >= 11 is 1.46. The van der Waals surface area contributed by atoms with Gasteiger partial charge in [0.15, 0.2) is 0 Å². The van der Waals surface area contributed by atoms with Gasteiger partial charge in [-0.1, -0.05) is 6.07 Å². The average Bonchev–Trinajstić information content (AvgIpc) is 2.88. The van der Waals surface area contributed by atoms with Crippen molar-refractivity contribution >= 4 is 22.7 Å². The van der Waals surface area contributed by atoms with Crippen molar-refractivity contribution in [3.05, 3.63) is 50.5 Å². The first-order valence-electron chi connectivity index (χ1n) is 5.02. The van der Waals surface area contributed by atoms with Gasteiger partial charge in [-0.25, -0.2) is 4.98 Å². The van der Waals surface area contributed by atoms with Crippen LogP contribution in [0.2, 0.25) is 0 Å². The van der Waals surface area contributed by atoms with Gasteiger partial charge in [0.1, 0.15) is 22.3 Å². The molecule has 0 saturated heterocycles. The Morgan fingerprint density at radius 2 is 2.39 bits per heavy atom. The molecular weight excluding hydrogens is 252 g/mol. The van der Waals surface area contributed by atoms with Crippen LogP contribution in [-0.2, 0) is 6.54 Å². The van der Waals surface area contributed by atoms with E-state index in [0.717, 1.165) is 5.01 Å². The van der Waals surface area contributed by atoms with E-state index in [-0.39, 0.29) is 11.3 Å². The van der Waals surface area contributed by atoms with Crippen LogP contribution < -0.4 is 5.32 Å². The minimum Gasteiger partial charge on any atom is -0.373 e. The first kappa shape index (κ1) is 12.0. The predicted molar refractivity (Wildman–Crippen MR) is 67.3 cm³/mol. The molecule has 0 unspecified atom stereocenters. The third-order valence-corrected chi connectivity index (χ3v) is 3.03. The van der Waals surface area contributed by atoms with Crippen LogP contribution in [-0.4, -0.2) is 9.91 Å². The highest BCUT2D eigenvalue weighted by Crippen LogP contribution is 2.28. The molecule has 1 N–H and O–H groups in total. The zero-order chi connectivity index (χ0) is 13.0. The number of anilines is 1. The van der Waals surface area contributed by atoms with Crippen molar-refractivity contribution in [2.75, 3.05) is 5.32 Å². The summed E-state index contributed by atoms with van der Waals surface area (Å²) in [6.45, 7) is 0.396. The lowest BCUT2D eigenvalue weighted by molar-refractivity contribution is -0.384.